The van der Waals surface area contributed by atoms with E-state index >= 15 is 0 Å². The van der Waals surface area contributed by atoms with Gasteiger partial charge in [-0.1, -0.05) is 48.5 Å². The highest BCUT2D eigenvalue weighted by molar-refractivity contribution is 7.26. The molecule has 0 saturated carbocycles. The first-order valence-corrected chi connectivity index (χ1v) is 8.81. The van der Waals surface area contributed by atoms with Gasteiger partial charge in [-0.05, 0) is 17.5 Å². The predicted molar refractivity (Wildman–Crippen MR) is 103 cm³/mol. The van der Waals surface area contributed by atoms with Crippen molar-refractivity contribution in [2.24, 2.45) is 0 Å². The zero-order valence-electron chi connectivity index (χ0n) is 12.7. The molecular weight excluding hydrogens is 312 g/mol. The summed E-state index contributed by atoms with van der Waals surface area (Å²) in [7, 11) is 0. The average Bonchev–Trinajstić information content (AvgIpc) is 3.26. The highest BCUT2D eigenvalue weighted by Crippen LogP contribution is 2.41. The van der Waals surface area contributed by atoms with Crippen molar-refractivity contribution in [3.63, 3.8) is 0 Å². The molecule has 3 aromatic carbocycles. The Hall–Kier alpha value is -2.91. The number of imidazole rings is 1. The van der Waals surface area contributed by atoms with E-state index in [2.05, 4.69) is 76.2 Å². The molecule has 0 aliphatic rings. The van der Waals surface area contributed by atoms with Crippen molar-refractivity contribution >= 4 is 58.8 Å². The number of fused-ring (bicyclic) bond motifs is 10. The van der Waals surface area contributed by atoms with Crippen molar-refractivity contribution < 1.29 is 0 Å². The quantitative estimate of drug-likeness (QED) is 0.313. The minimum absolute atomic E-state index is 1.03. The number of aromatic nitrogens is 2. The molecule has 24 heavy (non-hydrogen) atoms. The lowest BCUT2D eigenvalue weighted by Gasteiger charge is -2.09. The molecule has 0 radical (unpaired) electrons. The van der Waals surface area contributed by atoms with Gasteiger partial charge in [0.1, 0.15) is 5.65 Å². The molecule has 3 heteroatoms. The van der Waals surface area contributed by atoms with Gasteiger partial charge < -0.3 is 0 Å². The lowest BCUT2D eigenvalue weighted by atomic mass is 10.0. The summed E-state index contributed by atoms with van der Waals surface area (Å²) in [4.78, 5) is 4.59. The molecule has 0 unspecified atom stereocenters. The summed E-state index contributed by atoms with van der Waals surface area (Å²) in [5.41, 5.74) is 2.25. The van der Waals surface area contributed by atoms with Crippen molar-refractivity contribution in [1.29, 1.82) is 0 Å². The molecule has 6 rings (SSSR count). The number of rotatable bonds is 0. The zero-order valence-corrected chi connectivity index (χ0v) is 13.5. The summed E-state index contributed by atoms with van der Waals surface area (Å²) in [5.74, 6) is 0. The van der Waals surface area contributed by atoms with Gasteiger partial charge in [0.05, 0.1) is 5.52 Å². The fraction of sp³-hybridized carbons (Fsp3) is 0. The summed E-state index contributed by atoms with van der Waals surface area (Å²) >= 11 is 1.88. The van der Waals surface area contributed by atoms with Gasteiger partial charge in [-0.3, -0.25) is 4.40 Å². The second-order valence-corrected chi connectivity index (χ2v) is 7.15. The molecule has 0 fully saturated rings. The number of thiophene rings is 1. The predicted octanol–water partition coefficient (Wildman–Crippen LogP) is 6.01. The molecule has 0 aliphatic heterocycles. The van der Waals surface area contributed by atoms with Crippen molar-refractivity contribution in [3.8, 4) is 0 Å². The van der Waals surface area contributed by atoms with Crippen LogP contribution < -0.4 is 0 Å². The van der Waals surface area contributed by atoms with Crippen molar-refractivity contribution in [2.75, 3.05) is 0 Å². The maximum absolute atomic E-state index is 4.59. The maximum Gasteiger partial charge on any atom is 0.145 e. The highest BCUT2D eigenvalue weighted by atomic mass is 32.1. The van der Waals surface area contributed by atoms with E-state index in [0.717, 1.165) is 5.65 Å². The highest BCUT2D eigenvalue weighted by Gasteiger charge is 2.14. The fourth-order valence-electron chi connectivity index (χ4n) is 3.83. The number of hydrogen-bond acceptors (Lipinski definition) is 2. The average molecular weight is 324 g/mol. The number of nitrogens with zero attached hydrogens (tertiary/aromatic N) is 2. The minimum atomic E-state index is 1.03. The van der Waals surface area contributed by atoms with Crippen molar-refractivity contribution in [3.05, 3.63) is 73.1 Å². The molecular formula is C21H12N2S. The summed E-state index contributed by atoms with van der Waals surface area (Å²) < 4.78 is 4.91. The third kappa shape index (κ3) is 1.43. The van der Waals surface area contributed by atoms with Crippen LogP contribution in [0.3, 0.4) is 0 Å². The van der Waals surface area contributed by atoms with Crippen LogP contribution in [0.15, 0.2) is 73.1 Å². The normalized spacial score (nSPS) is 12.2. The van der Waals surface area contributed by atoms with Crippen molar-refractivity contribution in [2.45, 2.75) is 0 Å². The molecule has 0 atom stereocenters. The lowest BCUT2D eigenvalue weighted by Crippen LogP contribution is -1.90. The zero-order chi connectivity index (χ0) is 15.7. The molecule has 0 spiro atoms. The molecule has 6 aromatic rings. The molecule has 0 bridgehead atoms. The third-order valence-corrected chi connectivity index (χ3v) is 6.07. The number of pyridine rings is 1. The summed E-state index contributed by atoms with van der Waals surface area (Å²) in [6.45, 7) is 0. The Labute approximate surface area is 141 Å². The second kappa shape index (κ2) is 4.34. The van der Waals surface area contributed by atoms with E-state index in [9.17, 15) is 0 Å². The van der Waals surface area contributed by atoms with Gasteiger partial charge >= 0.3 is 0 Å². The number of benzene rings is 3. The summed E-state index contributed by atoms with van der Waals surface area (Å²) in [5, 5.41) is 6.50. The van der Waals surface area contributed by atoms with Gasteiger partial charge in [0.15, 0.2) is 0 Å². The Morgan fingerprint density at radius 1 is 0.750 bits per heavy atom. The smallest absolute Gasteiger partial charge is 0.145 e. The molecule has 2 nitrogen and oxygen atoms in total. The van der Waals surface area contributed by atoms with E-state index in [1.165, 1.54) is 41.8 Å². The second-order valence-electron chi connectivity index (χ2n) is 6.10. The topological polar surface area (TPSA) is 17.3 Å². The van der Waals surface area contributed by atoms with Crippen LogP contribution in [0, 0.1) is 0 Å². The van der Waals surface area contributed by atoms with E-state index in [1.807, 2.05) is 17.5 Å². The van der Waals surface area contributed by atoms with Crippen molar-refractivity contribution in [1.82, 2.24) is 9.38 Å². The van der Waals surface area contributed by atoms with Crippen LogP contribution in [0.25, 0.3) is 47.5 Å². The molecule has 112 valence electrons. The van der Waals surface area contributed by atoms with Gasteiger partial charge in [0.25, 0.3) is 0 Å². The molecule has 3 aromatic heterocycles. The summed E-state index contributed by atoms with van der Waals surface area (Å²) in [6.07, 6.45) is 3.94. The fourth-order valence-corrected chi connectivity index (χ4v) is 5.09. The molecule has 0 saturated heterocycles. The molecule has 0 N–H and O–H groups in total. The van der Waals surface area contributed by atoms with Crippen LogP contribution in [0.2, 0.25) is 0 Å². The van der Waals surface area contributed by atoms with Crippen LogP contribution in [-0.4, -0.2) is 9.38 Å². The SMILES string of the molecule is c1ccc2c(c1)sc1c2ccc2c1c1ccccc1c1nccn21. The van der Waals surface area contributed by atoms with Gasteiger partial charge in [-0.2, -0.15) is 0 Å². The van der Waals surface area contributed by atoms with Crippen LogP contribution in [0.1, 0.15) is 0 Å². The van der Waals surface area contributed by atoms with Crippen LogP contribution in [0.5, 0.6) is 0 Å². The Bertz CT molecular complexity index is 1410. The Morgan fingerprint density at radius 3 is 2.46 bits per heavy atom. The maximum atomic E-state index is 4.59. The van der Waals surface area contributed by atoms with Crippen LogP contribution in [0.4, 0.5) is 0 Å². The Morgan fingerprint density at radius 2 is 1.54 bits per heavy atom. The molecule has 0 amide bonds. The van der Waals surface area contributed by atoms with Gasteiger partial charge in [0.2, 0.25) is 0 Å². The largest absolute Gasteiger partial charge is 0.299 e. The first-order valence-electron chi connectivity index (χ1n) is 7.99. The van der Waals surface area contributed by atoms with Crippen LogP contribution in [-0.2, 0) is 0 Å². The molecule has 3 heterocycles. The van der Waals surface area contributed by atoms with E-state index < -0.39 is 0 Å². The minimum Gasteiger partial charge on any atom is -0.299 e. The first-order chi connectivity index (χ1) is 11.9. The van der Waals surface area contributed by atoms with E-state index in [1.54, 1.807) is 0 Å². The Balaban J connectivity index is 2.03. The van der Waals surface area contributed by atoms with Gasteiger partial charge in [-0.25, -0.2) is 4.98 Å². The van der Waals surface area contributed by atoms with Gasteiger partial charge in [0, 0.05) is 43.3 Å². The first kappa shape index (κ1) is 12.5. The van der Waals surface area contributed by atoms with E-state index in [0.29, 0.717) is 0 Å². The standard InChI is InChI=1S/C21H12N2S/c1-2-7-16-14(6-1)19-17(23-12-11-22-21(16)23)10-9-15-13-5-3-4-8-18(13)24-20(15)19/h1-12H. The van der Waals surface area contributed by atoms with E-state index in [-0.39, 0.29) is 0 Å². The van der Waals surface area contributed by atoms with Crippen LogP contribution >= 0.6 is 11.3 Å². The molecule has 0 aliphatic carbocycles. The lowest BCUT2D eigenvalue weighted by molar-refractivity contribution is 1.27. The number of hydrogen-bond donors (Lipinski definition) is 0. The third-order valence-electron chi connectivity index (χ3n) is 4.86. The van der Waals surface area contributed by atoms with Gasteiger partial charge in [-0.15, -0.1) is 11.3 Å². The van der Waals surface area contributed by atoms with E-state index in [4.69, 9.17) is 0 Å². The monoisotopic (exact) mass is 324 g/mol. The Kier molecular flexibility index (Phi) is 2.26. The summed E-state index contributed by atoms with van der Waals surface area (Å²) in [6, 6.07) is 21.8.